The second-order valence-electron chi connectivity index (χ2n) is 4.51. The molecule has 6 heteroatoms. The van der Waals surface area contributed by atoms with Crippen molar-refractivity contribution in [2.24, 2.45) is 5.73 Å². The SMILES string of the molecule is Cc1ccc(CSc2nnc(CN)n2C2CC2)o1. The van der Waals surface area contributed by atoms with Crippen LogP contribution in [0.15, 0.2) is 21.7 Å². The van der Waals surface area contributed by atoms with Crippen LogP contribution in [-0.2, 0) is 12.3 Å². The summed E-state index contributed by atoms with van der Waals surface area (Å²) in [5.74, 6) is 3.58. The molecular weight excluding hydrogens is 248 g/mol. The lowest BCUT2D eigenvalue weighted by atomic mass is 10.5. The van der Waals surface area contributed by atoms with Gasteiger partial charge in [0.15, 0.2) is 5.16 Å². The highest BCUT2D eigenvalue weighted by molar-refractivity contribution is 7.98. The maximum absolute atomic E-state index is 5.69. The minimum atomic E-state index is 0.448. The fraction of sp³-hybridized carbons (Fsp3) is 0.500. The number of hydrogen-bond donors (Lipinski definition) is 1. The number of nitrogens with two attached hydrogens (primary N) is 1. The molecule has 0 spiro atoms. The zero-order chi connectivity index (χ0) is 12.5. The number of aryl methyl sites for hydroxylation is 1. The van der Waals surface area contributed by atoms with Crippen molar-refractivity contribution in [1.29, 1.82) is 0 Å². The molecule has 2 N–H and O–H groups in total. The Balaban J connectivity index is 1.74. The van der Waals surface area contributed by atoms with Gasteiger partial charge in [-0.3, -0.25) is 0 Å². The van der Waals surface area contributed by atoms with Crippen LogP contribution in [0.1, 0.15) is 36.2 Å². The van der Waals surface area contributed by atoms with Crippen molar-refractivity contribution >= 4 is 11.8 Å². The predicted molar refractivity (Wildman–Crippen MR) is 69.2 cm³/mol. The van der Waals surface area contributed by atoms with Crippen molar-refractivity contribution in [3.05, 3.63) is 29.5 Å². The standard InChI is InChI=1S/C12H16N4OS/c1-8-2-5-10(17-8)7-18-12-15-14-11(6-13)16(12)9-3-4-9/h2,5,9H,3-4,6-7,13H2,1H3. The Morgan fingerprint density at radius 1 is 1.44 bits per heavy atom. The zero-order valence-corrected chi connectivity index (χ0v) is 11.1. The van der Waals surface area contributed by atoms with Gasteiger partial charge in [-0.2, -0.15) is 0 Å². The Kier molecular flexibility index (Phi) is 3.13. The molecule has 2 aromatic heterocycles. The van der Waals surface area contributed by atoms with E-state index in [-0.39, 0.29) is 0 Å². The topological polar surface area (TPSA) is 69.9 Å². The van der Waals surface area contributed by atoms with Crippen LogP contribution in [0.5, 0.6) is 0 Å². The molecule has 3 rings (SSSR count). The van der Waals surface area contributed by atoms with Gasteiger partial charge >= 0.3 is 0 Å². The lowest BCUT2D eigenvalue weighted by Crippen LogP contribution is -2.07. The maximum Gasteiger partial charge on any atom is 0.191 e. The summed E-state index contributed by atoms with van der Waals surface area (Å²) in [6.07, 6.45) is 2.41. The molecule has 1 saturated carbocycles. The smallest absolute Gasteiger partial charge is 0.191 e. The number of thioether (sulfide) groups is 1. The van der Waals surface area contributed by atoms with Gasteiger partial charge < -0.3 is 14.7 Å². The van der Waals surface area contributed by atoms with E-state index in [9.17, 15) is 0 Å². The van der Waals surface area contributed by atoms with Crippen LogP contribution in [0, 0.1) is 6.92 Å². The molecule has 0 amide bonds. The largest absolute Gasteiger partial charge is 0.465 e. The molecule has 18 heavy (non-hydrogen) atoms. The van der Waals surface area contributed by atoms with Gasteiger partial charge in [-0.1, -0.05) is 11.8 Å². The zero-order valence-electron chi connectivity index (χ0n) is 10.3. The van der Waals surface area contributed by atoms with Gasteiger partial charge in [0.1, 0.15) is 17.3 Å². The summed E-state index contributed by atoms with van der Waals surface area (Å²) >= 11 is 1.66. The van der Waals surface area contributed by atoms with Gasteiger partial charge in [-0.25, -0.2) is 0 Å². The Morgan fingerprint density at radius 3 is 2.89 bits per heavy atom. The monoisotopic (exact) mass is 264 g/mol. The van der Waals surface area contributed by atoms with Crippen LogP contribution < -0.4 is 5.73 Å². The van der Waals surface area contributed by atoms with Crippen LogP contribution in [0.25, 0.3) is 0 Å². The van der Waals surface area contributed by atoms with Crippen molar-refractivity contribution in [2.45, 2.75) is 43.3 Å². The average Bonchev–Trinajstić information content (AvgIpc) is 2.99. The molecule has 0 saturated heterocycles. The van der Waals surface area contributed by atoms with E-state index in [0.717, 1.165) is 28.3 Å². The van der Waals surface area contributed by atoms with Crippen LogP contribution in [0.3, 0.4) is 0 Å². The van der Waals surface area contributed by atoms with E-state index in [1.807, 2.05) is 19.1 Å². The maximum atomic E-state index is 5.69. The third-order valence-electron chi connectivity index (χ3n) is 2.97. The highest BCUT2D eigenvalue weighted by Crippen LogP contribution is 2.39. The van der Waals surface area contributed by atoms with Crippen LogP contribution in [0.4, 0.5) is 0 Å². The molecule has 0 aliphatic heterocycles. The molecule has 0 unspecified atom stereocenters. The summed E-state index contributed by atoms with van der Waals surface area (Å²) in [5.41, 5.74) is 5.69. The first kappa shape index (κ1) is 11.8. The molecule has 1 fully saturated rings. The van der Waals surface area contributed by atoms with Crippen molar-refractivity contribution < 1.29 is 4.42 Å². The summed E-state index contributed by atoms with van der Waals surface area (Å²) in [4.78, 5) is 0. The molecule has 1 aliphatic rings. The second-order valence-corrected chi connectivity index (χ2v) is 5.45. The molecule has 2 aromatic rings. The summed E-state index contributed by atoms with van der Waals surface area (Å²) in [7, 11) is 0. The Morgan fingerprint density at radius 2 is 2.28 bits per heavy atom. The number of nitrogens with zero attached hydrogens (tertiary/aromatic N) is 3. The molecule has 5 nitrogen and oxygen atoms in total. The third-order valence-corrected chi connectivity index (χ3v) is 3.93. The minimum absolute atomic E-state index is 0.448. The van der Waals surface area contributed by atoms with Crippen LogP contribution in [-0.4, -0.2) is 14.8 Å². The Bertz CT molecular complexity index is 544. The summed E-state index contributed by atoms with van der Waals surface area (Å²) in [5, 5.41) is 9.33. The van der Waals surface area contributed by atoms with Gasteiger partial charge in [0.05, 0.1) is 12.3 Å². The molecule has 0 bridgehead atoms. The number of furan rings is 1. The van der Waals surface area contributed by atoms with E-state index in [2.05, 4.69) is 14.8 Å². The third kappa shape index (κ3) is 2.30. The molecule has 0 radical (unpaired) electrons. The average molecular weight is 264 g/mol. The van der Waals surface area contributed by atoms with Crippen LogP contribution >= 0.6 is 11.8 Å². The van der Waals surface area contributed by atoms with Crippen molar-refractivity contribution in [3.63, 3.8) is 0 Å². The fourth-order valence-electron chi connectivity index (χ4n) is 1.94. The van der Waals surface area contributed by atoms with Gasteiger partial charge in [-0.05, 0) is 31.9 Å². The van der Waals surface area contributed by atoms with E-state index in [1.165, 1.54) is 12.8 Å². The molecule has 1 aliphatic carbocycles. The Labute approximate surface area is 110 Å². The molecule has 0 atom stereocenters. The van der Waals surface area contributed by atoms with Gasteiger partial charge in [0.25, 0.3) is 0 Å². The van der Waals surface area contributed by atoms with Gasteiger partial charge in [0.2, 0.25) is 0 Å². The van der Waals surface area contributed by atoms with E-state index in [4.69, 9.17) is 10.2 Å². The lowest BCUT2D eigenvalue weighted by molar-refractivity contribution is 0.501. The van der Waals surface area contributed by atoms with Crippen LogP contribution in [0.2, 0.25) is 0 Å². The minimum Gasteiger partial charge on any atom is -0.465 e. The summed E-state index contributed by atoms with van der Waals surface area (Å²) in [6.45, 7) is 2.40. The van der Waals surface area contributed by atoms with Crippen molar-refractivity contribution in [1.82, 2.24) is 14.8 Å². The summed E-state index contributed by atoms with van der Waals surface area (Å²) in [6, 6.07) is 4.54. The predicted octanol–water partition coefficient (Wildman–Crippen LogP) is 2.27. The number of hydrogen-bond acceptors (Lipinski definition) is 5. The normalized spacial score (nSPS) is 15.2. The van der Waals surface area contributed by atoms with E-state index in [1.54, 1.807) is 11.8 Å². The van der Waals surface area contributed by atoms with E-state index in [0.29, 0.717) is 12.6 Å². The first-order valence-electron chi connectivity index (χ1n) is 6.10. The molecule has 96 valence electrons. The van der Waals surface area contributed by atoms with Gasteiger partial charge in [-0.15, -0.1) is 10.2 Å². The number of rotatable bonds is 5. The van der Waals surface area contributed by atoms with E-state index < -0.39 is 0 Å². The first-order valence-corrected chi connectivity index (χ1v) is 7.08. The molecule has 0 aromatic carbocycles. The fourth-order valence-corrected chi connectivity index (χ4v) is 2.86. The van der Waals surface area contributed by atoms with E-state index >= 15 is 0 Å². The quantitative estimate of drug-likeness (QED) is 0.839. The van der Waals surface area contributed by atoms with Crippen molar-refractivity contribution in [2.75, 3.05) is 0 Å². The highest BCUT2D eigenvalue weighted by Gasteiger charge is 2.29. The first-order chi connectivity index (χ1) is 8.78. The highest BCUT2D eigenvalue weighted by atomic mass is 32.2. The lowest BCUT2D eigenvalue weighted by Gasteiger charge is -2.06. The molecule has 2 heterocycles. The summed E-state index contributed by atoms with van der Waals surface area (Å²) < 4.78 is 7.73. The second kappa shape index (κ2) is 4.78. The van der Waals surface area contributed by atoms with Gasteiger partial charge in [0, 0.05) is 6.04 Å². The number of aromatic nitrogens is 3. The van der Waals surface area contributed by atoms with Crippen molar-refractivity contribution in [3.8, 4) is 0 Å². The Hall–Kier alpha value is -1.27. The molecular formula is C12H16N4OS.